The molecule has 4 heteroatoms. The molecule has 0 fully saturated rings. The van der Waals surface area contributed by atoms with Gasteiger partial charge in [0.1, 0.15) is 18.2 Å². The van der Waals surface area contributed by atoms with Crippen molar-refractivity contribution < 1.29 is 9.13 Å². The number of benzene rings is 3. The fraction of sp³-hybridized carbons (Fsp3) is 0.304. The Bertz CT molecular complexity index is 835. The van der Waals surface area contributed by atoms with Gasteiger partial charge in [-0.3, -0.25) is 0 Å². The molecule has 0 aliphatic heterocycles. The largest absolute Gasteiger partial charge is 0.489 e. The van der Waals surface area contributed by atoms with Crippen LogP contribution in [0.15, 0.2) is 60.7 Å². The standard InChI is InChI=1S/C23H26FNO.ClH/c1-2-3-6-15-25-16-22-21-8-5-4-7-19(21)11-14-23(22)26-17-18-9-12-20(24)13-10-18;/h4-5,7-14,25H,2-3,6,15-17H2,1H3;1H. The summed E-state index contributed by atoms with van der Waals surface area (Å²) in [6, 6.07) is 19.0. The predicted molar refractivity (Wildman–Crippen MR) is 113 cm³/mol. The van der Waals surface area contributed by atoms with Crippen LogP contribution in [0.4, 0.5) is 4.39 Å². The maximum atomic E-state index is 13.1. The zero-order valence-corrected chi connectivity index (χ0v) is 16.5. The van der Waals surface area contributed by atoms with Crippen LogP contribution < -0.4 is 10.1 Å². The van der Waals surface area contributed by atoms with Gasteiger partial charge in [-0.1, -0.05) is 62.2 Å². The van der Waals surface area contributed by atoms with Gasteiger partial charge in [-0.15, -0.1) is 12.4 Å². The molecule has 0 unspecified atom stereocenters. The molecule has 0 bridgehead atoms. The van der Waals surface area contributed by atoms with E-state index in [-0.39, 0.29) is 18.2 Å². The first-order valence-corrected chi connectivity index (χ1v) is 9.36. The summed E-state index contributed by atoms with van der Waals surface area (Å²) in [6.07, 6.45) is 3.66. The van der Waals surface area contributed by atoms with Gasteiger partial charge < -0.3 is 10.1 Å². The lowest BCUT2D eigenvalue weighted by Gasteiger charge is -2.15. The van der Waals surface area contributed by atoms with Crippen molar-refractivity contribution in [2.24, 2.45) is 0 Å². The lowest BCUT2D eigenvalue weighted by atomic mass is 10.0. The maximum Gasteiger partial charge on any atom is 0.124 e. The number of fused-ring (bicyclic) bond motifs is 1. The molecule has 2 nitrogen and oxygen atoms in total. The minimum Gasteiger partial charge on any atom is -0.489 e. The molecule has 0 saturated carbocycles. The van der Waals surface area contributed by atoms with Crippen molar-refractivity contribution in [1.29, 1.82) is 0 Å². The summed E-state index contributed by atoms with van der Waals surface area (Å²) >= 11 is 0. The fourth-order valence-corrected chi connectivity index (χ4v) is 3.09. The average molecular weight is 388 g/mol. The first kappa shape index (κ1) is 21.2. The third-order valence-corrected chi connectivity index (χ3v) is 4.56. The fourth-order valence-electron chi connectivity index (χ4n) is 3.09. The molecule has 0 spiro atoms. The normalized spacial score (nSPS) is 10.6. The van der Waals surface area contributed by atoms with E-state index in [0.29, 0.717) is 6.61 Å². The van der Waals surface area contributed by atoms with Gasteiger partial charge in [0.15, 0.2) is 0 Å². The van der Waals surface area contributed by atoms with Crippen molar-refractivity contribution in [1.82, 2.24) is 5.32 Å². The summed E-state index contributed by atoms with van der Waals surface area (Å²) in [5.41, 5.74) is 2.14. The van der Waals surface area contributed by atoms with Crippen LogP contribution in [0.3, 0.4) is 0 Å². The Morgan fingerprint density at radius 3 is 2.48 bits per heavy atom. The van der Waals surface area contributed by atoms with Gasteiger partial charge in [0.25, 0.3) is 0 Å². The van der Waals surface area contributed by atoms with Crippen LogP contribution in [0.5, 0.6) is 5.75 Å². The molecule has 0 aromatic heterocycles. The SMILES string of the molecule is CCCCCNCc1c(OCc2ccc(F)cc2)ccc2ccccc12.Cl. The minimum atomic E-state index is -0.226. The molecule has 0 aliphatic carbocycles. The first-order chi connectivity index (χ1) is 12.8. The highest BCUT2D eigenvalue weighted by Gasteiger charge is 2.09. The van der Waals surface area contributed by atoms with E-state index in [2.05, 4.69) is 42.6 Å². The molecule has 1 N–H and O–H groups in total. The second-order valence-corrected chi connectivity index (χ2v) is 6.56. The van der Waals surface area contributed by atoms with E-state index < -0.39 is 0 Å². The Hall–Kier alpha value is -2.10. The third-order valence-electron chi connectivity index (χ3n) is 4.56. The van der Waals surface area contributed by atoms with Gasteiger partial charge in [0.2, 0.25) is 0 Å². The van der Waals surface area contributed by atoms with Gasteiger partial charge in [-0.05, 0) is 47.5 Å². The molecule has 0 atom stereocenters. The summed E-state index contributed by atoms with van der Waals surface area (Å²) in [5, 5.41) is 5.97. The molecular weight excluding hydrogens is 361 g/mol. The second kappa shape index (κ2) is 10.9. The lowest BCUT2D eigenvalue weighted by Crippen LogP contribution is -2.15. The number of halogens is 2. The van der Waals surface area contributed by atoms with Gasteiger partial charge in [-0.2, -0.15) is 0 Å². The molecule has 0 heterocycles. The highest BCUT2D eigenvalue weighted by Crippen LogP contribution is 2.28. The average Bonchev–Trinajstić information content (AvgIpc) is 2.68. The molecule has 3 rings (SSSR count). The van der Waals surface area contributed by atoms with Crippen molar-refractivity contribution in [3.63, 3.8) is 0 Å². The van der Waals surface area contributed by atoms with Crippen LogP contribution in [0.2, 0.25) is 0 Å². The Balaban J connectivity index is 0.00000261. The van der Waals surface area contributed by atoms with E-state index in [0.717, 1.165) is 24.4 Å². The molecule has 144 valence electrons. The van der Waals surface area contributed by atoms with Crippen LogP contribution in [-0.4, -0.2) is 6.54 Å². The summed E-state index contributed by atoms with van der Waals surface area (Å²) in [4.78, 5) is 0. The smallest absolute Gasteiger partial charge is 0.124 e. The van der Waals surface area contributed by atoms with Crippen molar-refractivity contribution in [2.75, 3.05) is 6.54 Å². The Morgan fingerprint density at radius 1 is 0.926 bits per heavy atom. The molecular formula is C23H27ClFNO. The molecule has 3 aromatic rings. The Kier molecular flexibility index (Phi) is 8.56. The summed E-state index contributed by atoms with van der Waals surface area (Å²) < 4.78 is 19.2. The van der Waals surface area contributed by atoms with Crippen molar-refractivity contribution in [2.45, 2.75) is 39.3 Å². The van der Waals surface area contributed by atoms with Crippen molar-refractivity contribution in [3.05, 3.63) is 77.6 Å². The summed E-state index contributed by atoms with van der Waals surface area (Å²) in [6.45, 7) is 4.44. The third kappa shape index (κ3) is 5.95. The Labute approximate surface area is 167 Å². The lowest BCUT2D eigenvalue weighted by molar-refractivity contribution is 0.302. The molecule has 3 aromatic carbocycles. The molecule has 0 radical (unpaired) electrons. The van der Waals surface area contributed by atoms with Crippen molar-refractivity contribution in [3.8, 4) is 5.75 Å². The second-order valence-electron chi connectivity index (χ2n) is 6.56. The predicted octanol–water partition coefficient (Wildman–Crippen LogP) is 6.26. The van der Waals surface area contributed by atoms with E-state index in [4.69, 9.17) is 4.74 Å². The van der Waals surface area contributed by atoms with Gasteiger partial charge >= 0.3 is 0 Å². The summed E-state index contributed by atoms with van der Waals surface area (Å²) in [7, 11) is 0. The van der Waals surface area contributed by atoms with E-state index in [1.807, 2.05) is 6.07 Å². The number of nitrogens with one attached hydrogen (secondary N) is 1. The molecule has 0 amide bonds. The molecule has 0 aliphatic rings. The van der Waals surface area contributed by atoms with Crippen LogP contribution >= 0.6 is 12.4 Å². The van der Waals surface area contributed by atoms with Crippen LogP contribution in [-0.2, 0) is 13.2 Å². The highest BCUT2D eigenvalue weighted by atomic mass is 35.5. The highest BCUT2D eigenvalue weighted by molar-refractivity contribution is 5.87. The monoisotopic (exact) mass is 387 g/mol. The van der Waals surface area contributed by atoms with E-state index in [1.54, 1.807) is 12.1 Å². The number of unbranched alkanes of at least 4 members (excludes halogenated alkanes) is 2. The van der Waals surface area contributed by atoms with Gasteiger partial charge in [0.05, 0.1) is 0 Å². The van der Waals surface area contributed by atoms with Crippen LogP contribution in [0.25, 0.3) is 10.8 Å². The summed E-state index contributed by atoms with van der Waals surface area (Å²) in [5.74, 6) is 0.660. The number of hydrogen-bond acceptors (Lipinski definition) is 2. The number of hydrogen-bond donors (Lipinski definition) is 1. The Morgan fingerprint density at radius 2 is 1.70 bits per heavy atom. The van der Waals surface area contributed by atoms with E-state index >= 15 is 0 Å². The van der Waals surface area contributed by atoms with Crippen LogP contribution in [0, 0.1) is 5.82 Å². The zero-order valence-electron chi connectivity index (χ0n) is 15.7. The number of rotatable bonds is 9. The van der Waals surface area contributed by atoms with E-state index in [9.17, 15) is 4.39 Å². The zero-order chi connectivity index (χ0) is 18.2. The topological polar surface area (TPSA) is 21.3 Å². The van der Waals surface area contributed by atoms with Gasteiger partial charge in [0, 0.05) is 12.1 Å². The molecule has 0 saturated heterocycles. The van der Waals surface area contributed by atoms with Crippen molar-refractivity contribution >= 4 is 23.2 Å². The molecule has 27 heavy (non-hydrogen) atoms. The number of ether oxygens (including phenoxy) is 1. The minimum absolute atomic E-state index is 0. The van der Waals surface area contributed by atoms with Crippen LogP contribution in [0.1, 0.15) is 37.3 Å². The van der Waals surface area contributed by atoms with E-state index in [1.165, 1.54) is 47.7 Å². The van der Waals surface area contributed by atoms with Gasteiger partial charge in [-0.25, -0.2) is 4.39 Å². The first-order valence-electron chi connectivity index (χ1n) is 9.36. The maximum absolute atomic E-state index is 13.1. The quantitative estimate of drug-likeness (QED) is 0.437.